The van der Waals surface area contributed by atoms with Crippen molar-refractivity contribution in [2.75, 3.05) is 12.3 Å². The van der Waals surface area contributed by atoms with Crippen molar-refractivity contribution in [1.82, 2.24) is 5.32 Å². The summed E-state index contributed by atoms with van der Waals surface area (Å²) in [5.74, 6) is 5.62. The summed E-state index contributed by atoms with van der Waals surface area (Å²) in [6.45, 7) is 5.57. The second kappa shape index (κ2) is 6.35. The van der Waals surface area contributed by atoms with Crippen LogP contribution < -0.4 is 11.1 Å². The Hall–Kier alpha value is -1.86. The number of anilines is 1. The van der Waals surface area contributed by atoms with Gasteiger partial charge in [0.2, 0.25) is 0 Å². The molecule has 0 spiro atoms. The molecule has 1 rings (SSSR count). The average Bonchev–Trinajstić information content (AvgIpc) is 2.26. The van der Waals surface area contributed by atoms with Crippen LogP contribution in [0.4, 0.5) is 10.5 Å². The van der Waals surface area contributed by atoms with Crippen LogP contribution in [0.2, 0.25) is 5.02 Å². The van der Waals surface area contributed by atoms with E-state index in [4.69, 9.17) is 22.1 Å². The van der Waals surface area contributed by atoms with Gasteiger partial charge in [-0.2, -0.15) is 0 Å². The van der Waals surface area contributed by atoms with Crippen LogP contribution in [-0.2, 0) is 4.74 Å². The van der Waals surface area contributed by atoms with E-state index in [2.05, 4.69) is 17.2 Å². The molecule has 3 N–H and O–H groups in total. The van der Waals surface area contributed by atoms with Gasteiger partial charge in [0.05, 0.1) is 11.6 Å². The summed E-state index contributed by atoms with van der Waals surface area (Å²) in [6, 6.07) is 5.07. The Balaban J connectivity index is 2.52. The van der Waals surface area contributed by atoms with Crippen LogP contribution in [0.3, 0.4) is 0 Å². The number of carbonyl (C=O) groups is 1. The van der Waals surface area contributed by atoms with E-state index in [0.29, 0.717) is 16.3 Å². The number of ether oxygens (including phenoxy) is 1. The number of nitrogens with two attached hydrogens (primary N) is 1. The number of carbonyl (C=O) groups excluding carboxylic acids is 1. The minimum Gasteiger partial charge on any atom is -0.444 e. The lowest BCUT2D eigenvalue weighted by atomic mass is 10.2. The fourth-order valence-electron chi connectivity index (χ4n) is 1.21. The Morgan fingerprint density at radius 3 is 2.79 bits per heavy atom. The van der Waals surface area contributed by atoms with E-state index in [1.807, 2.05) is 0 Å². The topological polar surface area (TPSA) is 64.3 Å². The Kier molecular flexibility index (Phi) is 5.08. The third-order valence-electron chi connectivity index (χ3n) is 1.93. The van der Waals surface area contributed by atoms with Crippen LogP contribution in [0.5, 0.6) is 0 Å². The molecule has 0 aromatic heterocycles. The molecule has 5 heteroatoms. The molecule has 1 aromatic carbocycles. The third-order valence-corrected chi connectivity index (χ3v) is 2.26. The first kappa shape index (κ1) is 15.2. The summed E-state index contributed by atoms with van der Waals surface area (Å²) in [5, 5.41) is 3.06. The molecule has 0 radical (unpaired) electrons. The predicted molar refractivity (Wildman–Crippen MR) is 77.0 cm³/mol. The molecule has 0 saturated carbocycles. The van der Waals surface area contributed by atoms with Crippen LogP contribution in [0.15, 0.2) is 18.2 Å². The number of rotatable bonds is 1. The molecule has 102 valence electrons. The van der Waals surface area contributed by atoms with Crippen molar-refractivity contribution in [3.05, 3.63) is 28.8 Å². The summed E-state index contributed by atoms with van der Waals surface area (Å²) >= 11 is 5.95. The zero-order chi connectivity index (χ0) is 14.5. The number of benzene rings is 1. The molecule has 0 saturated heterocycles. The van der Waals surface area contributed by atoms with Crippen molar-refractivity contribution < 1.29 is 9.53 Å². The zero-order valence-electron chi connectivity index (χ0n) is 11.2. The zero-order valence-corrected chi connectivity index (χ0v) is 12.0. The van der Waals surface area contributed by atoms with E-state index in [1.165, 1.54) is 0 Å². The Labute approximate surface area is 118 Å². The Morgan fingerprint density at radius 1 is 1.47 bits per heavy atom. The molecule has 1 amide bonds. The number of alkyl carbamates (subject to hydrolysis) is 1. The fourth-order valence-corrected chi connectivity index (χ4v) is 1.37. The van der Waals surface area contributed by atoms with Crippen LogP contribution >= 0.6 is 11.6 Å². The van der Waals surface area contributed by atoms with Gasteiger partial charge in [-0.1, -0.05) is 23.4 Å². The fraction of sp³-hybridized carbons (Fsp3) is 0.357. The first-order chi connectivity index (χ1) is 8.78. The quantitative estimate of drug-likeness (QED) is 0.614. The lowest BCUT2D eigenvalue weighted by molar-refractivity contribution is 0.0535. The smallest absolute Gasteiger partial charge is 0.408 e. The minimum atomic E-state index is -0.519. The highest BCUT2D eigenvalue weighted by molar-refractivity contribution is 6.31. The average molecular weight is 281 g/mol. The predicted octanol–water partition coefficient (Wildman–Crippen LogP) is 2.80. The largest absolute Gasteiger partial charge is 0.444 e. The monoisotopic (exact) mass is 280 g/mol. The molecule has 0 bridgehead atoms. The Morgan fingerprint density at radius 2 is 2.16 bits per heavy atom. The number of hydrogen-bond donors (Lipinski definition) is 2. The van der Waals surface area contributed by atoms with Gasteiger partial charge in [0.1, 0.15) is 5.60 Å². The maximum absolute atomic E-state index is 11.3. The van der Waals surface area contributed by atoms with E-state index in [9.17, 15) is 4.79 Å². The second-order valence-electron chi connectivity index (χ2n) is 4.90. The van der Waals surface area contributed by atoms with Gasteiger partial charge in [-0.25, -0.2) is 4.79 Å². The molecule has 0 fully saturated rings. The highest BCUT2D eigenvalue weighted by Gasteiger charge is 2.14. The maximum atomic E-state index is 11.3. The summed E-state index contributed by atoms with van der Waals surface area (Å²) in [5.41, 5.74) is 6.34. The summed E-state index contributed by atoms with van der Waals surface area (Å²) in [4.78, 5) is 11.3. The molecule has 4 nitrogen and oxygen atoms in total. The molecule has 0 atom stereocenters. The number of hydrogen-bond acceptors (Lipinski definition) is 3. The number of amides is 1. The van der Waals surface area contributed by atoms with Gasteiger partial charge in [0, 0.05) is 11.3 Å². The minimum absolute atomic E-state index is 0.181. The van der Waals surface area contributed by atoms with Gasteiger partial charge in [-0.15, -0.1) is 0 Å². The summed E-state index contributed by atoms with van der Waals surface area (Å²) < 4.78 is 5.07. The van der Waals surface area contributed by atoms with Gasteiger partial charge < -0.3 is 15.8 Å². The van der Waals surface area contributed by atoms with E-state index in [-0.39, 0.29) is 6.54 Å². The third kappa shape index (κ3) is 6.03. The number of nitrogen functional groups attached to an aromatic ring is 1. The lowest BCUT2D eigenvalue weighted by Gasteiger charge is -2.19. The maximum Gasteiger partial charge on any atom is 0.408 e. The first-order valence-electron chi connectivity index (χ1n) is 5.79. The van der Waals surface area contributed by atoms with E-state index in [0.717, 1.165) is 0 Å². The number of nitrogens with one attached hydrogen (secondary N) is 1. The molecule has 1 aromatic rings. The van der Waals surface area contributed by atoms with E-state index >= 15 is 0 Å². The van der Waals surface area contributed by atoms with Crippen molar-refractivity contribution in [1.29, 1.82) is 0 Å². The van der Waals surface area contributed by atoms with Crippen molar-refractivity contribution in [2.45, 2.75) is 26.4 Å². The second-order valence-corrected chi connectivity index (χ2v) is 5.30. The van der Waals surface area contributed by atoms with Crippen LogP contribution in [0.1, 0.15) is 26.3 Å². The lowest BCUT2D eigenvalue weighted by Crippen LogP contribution is -2.32. The van der Waals surface area contributed by atoms with Crippen molar-refractivity contribution in [3.8, 4) is 11.8 Å². The van der Waals surface area contributed by atoms with Crippen LogP contribution in [0.25, 0.3) is 0 Å². The van der Waals surface area contributed by atoms with Crippen molar-refractivity contribution in [3.63, 3.8) is 0 Å². The van der Waals surface area contributed by atoms with Gasteiger partial charge in [0.25, 0.3) is 0 Å². The molecular formula is C14H17ClN2O2. The van der Waals surface area contributed by atoms with Gasteiger partial charge in [-0.05, 0) is 39.0 Å². The first-order valence-corrected chi connectivity index (χ1v) is 6.16. The number of halogens is 1. The molecule has 0 aliphatic rings. The molecular weight excluding hydrogens is 264 g/mol. The van der Waals surface area contributed by atoms with Crippen LogP contribution in [0, 0.1) is 11.8 Å². The van der Waals surface area contributed by atoms with E-state index in [1.54, 1.807) is 39.0 Å². The van der Waals surface area contributed by atoms with E-state index < -0.39 is 11.7 Å². The molecule has 19 heavy (non-hydrogen) atoms. The molecule has 0 unspecified atom stereocenters. The summed E-state index contributed by atoms with van der Waals surface area (Å²) in [7, 11) is 0. The van der Waals surface area contributed by atoms with Crippen molar-refractivity contribution >= 4 is 23.4 Å². The standard InChI is InChI=1S/C14H17ClN2O2/c1-14(2,3)19-13(18)17-8-4-5-10-9-11(16)6-7-12(10)15/h6-7,9H,8,16H2,1-3H3,(H,17,18). The molecule has 0 heterocycles. The van der Waals surface area contributed by atoms with Gasteiger partial charge in [-0.3, -0.25) is 0 Å². The molecule has 0 aliphatic carbocycles. The van der Waals surface area contributed by atoms with Gasteiger partial charge >= 0.3 is 6.09 Å². The highest BCUT2D eigenvalue weighted by atomic mass is 35.5. The van der Waals surface area contributed by atoms with Crippen LogP contribution in [-0.4, -0.2) is 18.2 Å². The van der Waals surface area contributed by atoms with Crippen molar-refractivity contribution in [2.24, 2.45) is 0 Å². The Bertz CT molecular complexity index is 524. The van der Waals surface area contributed by atoms with Gasteiger partial charge in [0.15, 0.2) is 0 Å². The highest BCUT2D eigenvalue weighted by Crippen LogP contribution is 2.17. The summed E-state index contributed by atoms with van der Waals surface area (Å²) in [6.07, 6.45) is -0.500. The molecule has 0 aliphatic heterocycles. The normalized spacial score (nSPS) is 10.3. The SMILES string of the molecule is CC(C)(C)OC(=O)NCC#Cc1cc(N)ccc1Cl.